The molecule has 0 aromatic heterocycles. The first kappa shape index (κ1) is 22.4. The van der Waals surface area contributed by atoms with E-state index in [1.165, 1.54) is 11.6 Å². The Balaban J connectivity index is -0.000000563. The molecule has 86 valence electrons. The van der Waals surface area contributed by atoms with Crippen molar-refractivity contribution < 1.29 is 66.6 Å². The zero-order chi connectivity index (χ0) is 9.68. The average molecular weight is 670 g/mol. The Kier molecular flexibility index (Phi) is 17.8. The van der Waals surface area contributed by atoms with Gasteiger partial charge in [-0.2, -0.15) is 6.42 Å². The van der Waals surface area contributed by atoms with Crippen molar-refractivity contribution >= 4 is 0 Å². The molecule has 0 radical (unpaired) electrons. The second kappa shape index (κ2) is 12.7. The quantitative estimate of drug-likeness (QED) is 0.426. The van der Waals surface area contributed by atoms with E-state index in [2.05, 4.69) is 13.8 Å². The predicted molar refractivity (Wildman–Crippen MR) is 60.5 cm³/mol. The van der Waals surface area contributed by atoms with Gasteiger partial charge in [-0.05, 0) is 30.5 Å². The second-order valence-electron chi connectivity index (χ2n) is 3.27. The number of aryl methyl sites for hydroxylation is 1. The van der Waals surface area contributed by atoms with Crippen LogP contribution in [-0.2, 0) is 12.8 Å². The standard InChI is InChI=1S/C12H16F.CH3.2U/c1-3-5-6-11-9-12(13)8-7-10(11)4-2;;;/h7-9H,2-6H2,1H3;1H3;;/q2*-1;;+2. The third-order valence-electron chi connectivity index (χ3n) is 2.24. The van der Waals surface area contributed by atoms with Gasteiger partial charge in [0.15, 0.2) is 0 Å². The van der Waals surface area contributed by atoms with Crippen molar-refractivity contribution in [1.82, 2.24) is 0 Å². The van der Waals surface area contributed by atoms with Crippen LogP contribution in [0.5, 0.6) is 0 Å². The van der Waals surface area contributed by atoms with Gasteiger partial charge in [-0.1, -0.05) is 25.0 Å². The fourth-order valence-electron chi connectivity index (χ4n) is 1.44. The molecule has 0 nitrogen and oxygen atoms in total. The third-order valence-corrected chi connectivity index (χ3v) is 2.24. The summed E-state index contributed by atoms with van der Waals surface area (Å²) < 4.78 is 12.9. The summed E-state index contributed by atoms with van der Waals surface area (Å²) in [6, 6.07) is 4.99. The predicted octanol–water partition coefficient (Wildman–Crippen LogP) is 4.00. The van der Waals surface area contributed by atoms with Crippen LogP contribution in [0.25, 0.3) is 0 Å². The Bertz CT molecular complexity index is 275. The maximum Gasteiger partial charge on any atom is 2.00 e. The summed E-state index contributed by atoms with van der Waals surface area (Å²) in [6.07, 6.45) is 3.99. The summed E-state index contributed by atoms with van der Waals surface area (Å²) in [5, 5.41) is 0. The van der Waals surface area contributed by atoms with Crippen molar-refractivity contribution in [3.8, 4) is 0 Å². The minimum Gasteiger partial charge on any atom is -0.358 e. The first-order chi connectivity index (χ1) is 6.27. The molecule has 0 atom stereocenters. The van der Waals surface area contributed by atoms with Crippen LogP contribution in [-0.4, -0.2) is 0 Å². The second-order valence-corrected chi connectivity index (χ2v) is 3.27. The number of benzene rings is 1. The van der Waals surface area contributed by atoms with Crippen molar-refractivity contribution in [3.05, 3.63) is 49.5 Å². The Labute approximate surface area is 147 Å². The van der Waals surface area contributed by atoms with Gasteiger partial charge in [0.1, 0.15) is 5.82 Å². The summed E-state index contributed by atoms with van der Waals surface area (Å²) >= 11 is 0. The molecule has 0 heterocycles. The minimum atomic E-state index is -0.136. The van der Waals surface area contributed by atoms with Gasteiger partial charge in [0.05, 0.1) is 0 Å². The molecule has 0 aliphatic carbocycles. The summed E-state index contributed by atoms with van der Waals surface area (Å²) in [5.41, 5.74) is 2.30. The normalized spacial score (nSPS) is 8.44. The number of unbranched alkanes of at least 4 members (excludes halogenated alkanes) is 1. The van der Waals surface area contributed by atoms with Gasteiger partial charge in [-0.15, -0.1) is 0 Å². The van der Waals surface area contributed by atoms with E-state index in [0.29, 0.717) is 0 Å². The van der Waals surface area contributed by atoms with E-state index in [-0.39, 0.29) is 75.5 Å². The fourth-order valence-corrected chi connectivity index (χ4v) is 1.44. The summed E-state index contributed by atoms with van der Waals surface area (Å²) in [6.45, 7) is 5.97. The van der Waals surface area contributed by atoms with Crippen LogP contribution in [0, 0.1) is 82.4 Å². The van der Waals surface area contributed by atoms with Gasteiger partial charge < -0.3 is 14.4 Å². The van der Waals surface area contributed by atoms with Crippen LogP contribution >= 0.6 is 0 Å². The number of hydrogen-bond acceptors (Lipinski definition) is 0. The van der Waals surface area contributed by atoms with Crippen molar-refractivity contribution in [2.45, 2.75) is 32.6 Å². The molecular weight excluding hydrogens is 651 g/mol. The van der Waals surface area contributed by atoms with Crippen LogP contribution in [0.3, 0.4) is 0 Å². The smallest absolute Gasteiger partial charge is 0.358 e. The topological polar surface area (TPSA) is 0 Å². The fraction of sp³-hybridized carbons (Fsp3) is 0.385. The molecule has 1 aromatic rings. The van der Waals surface area contributed by atoms with Crippen molar-refractivity contribution in [2.75, 3.05) is 0 Å². The van der Waals surface area contributed by atoms with Gasteiger partial charge in [0.2, 0.25) is 0 Å². The van der Waals surface area contributed by atoms with Crippen LogP contribution in [0.4, 0.5) is 4.39 Å². The Morgan fingerprint density at radius 2 is 1.88 bits per heavy atom. The van der Waals surface area contributed by atoms with E-state index in [1.54, 1.807) is 6.07 Å². The summed E-state index contributed by atoms with van der Waals surface area (Å²) in [4.78, 5) is 0. The van der Waals surface area contributed by atoms with E-state index in [4.69, 9.17) is 0 Å². The summed E-state index contributed by atoms with van der Waals surface area (Å²) in [7, 11) is 0. The zero-order valence-electron chi connectivity index (χ0n) is 10.1. The molecule has 0 amide bonds. The number of hydrogen-bond donors (Lipinski definition) is 0. The molecule has 0 aliphatic heterocycles. The molecule has 0 spiro atoms. The van der Waals surface area contributed by atoms with Crippen LogP contribution in [0.2, 0.25) is 0 Å². The van der Waals surface area contributed by atoms with E-state index < -0.39 is 0 Å². The number of rotatable bonds is 4. The molecule has 0 fully saturated rings. The first-order valence-corrected chi connectivity index (χ1v) is 4.84. The Hall–Kier alpha value is 1.25. The number of halogens is 1. The third kappa shape index (κ3) is 7.55. The maximum atomic E-state index is 12.9. The Morgan fingerprint density at radius 3 is 2.38 bits per heavy atom. The SMILES string of the molecule is [CH2-]Cc1ccc(F)cc1CCCC.[CH3-].[U+2].[U]. The minimum absolute atomic E-state index is 0. The van der Waals surface area contributed by atoms with Gasteiger partial charge in [-0.25, -0.2) is 4.39 Å². The molecule has 1 rings (SSSR count). The average Bonchev–Trinajstić information content (AvgIpc) is 2.15. The first-order valence-electron chi connectivity index (χ1n) is 4.84. The van der Waals surface area contributed by atoms with E-state index in [0.717, 1.165) is 31.2 Å². The molecule has 0 unspecified atom stereocenters. The van der Waals surface area contributed by atoms with E-state index in [9.17, 15) is 4.39 Å². The van der Waals surface area contributed by atoms with Gasteiger partial charge >= 0.3 is 31.1 Å². The van der Waals surface area contributed by atoms with Gasteiger partial charge in [0.25, 0.3) is 0 Å². The van der Waals surface area contributed by atoms with Crippen molar-refractivity contribution in [3.63, 3.8) is 0 Å². The largest absolute Gasteiger partial charge is 2.00 e. The molecule has 0 saturated heterocycles. The van der Waals surface area contributed by atoms with Crippen molar-refractivity contribution in [2.24, 2.45) is 0 Å². The molecule has 0 N–H and O–H groups in total. The van der Waals surface area contributed by atoms with Crippen LogP contribution < -0.4 is 0 Å². The molecule has 0 saturated carbocycles. The maximum absolute atomic E-state index is 12.9. The van der Waals surface area contributed by atoms with E-state index in [1.807, 2.05) is 6.07 Å². The van der Waals surface area contributed by atoms with Crippen molar-refractivity contribution in [1.29, 1.82) is 0 Å². The summed E-state index contributed by atoms with van der Waals surface area (Å²) in [5.74, 6) is -0.136. The van der Waals surface area contributed by atoms with Crippen LogP contribution in [0.1, 0.15) is 30.9 Å². The molecule has 0 aliphatic rings. The molecule has 1 aromatic carbocycles. The molecule has 0 bridgehead atoms. The molecular formula is C13H19FU2. The van der Waals surface area contributed by atoms with E-state index >= 15 is 0 Å². The van der Waals surface area contributed by atoms with Gasteiger partial charge in [0, 0.05) is 31.1 Å². The Morgan fingerprint density at radius 1 is 1.25 bits per heavy atom. The molecule has 3 heteroatoms. The monoisotopic (exact) mass is 670 g/mol. The van der Waals surface area contributed by atoms with Crippen LogP contribution in [0.15, 0.2) is 18.2 Å². The van der Waals surface area contributed by atoms with Gasteiger partial charge in [-0.3, -0.25) is 0 Å². The zero-order valence-corrected chi connectivity index (χ0v) is 18.5. The molecule has 16 heavy (non-hydrogen) atoms.